The first-order chi connectivity index (χ1) is 15.8. The zero-order chi connectivity index (χ0) is 23.7. The van der Waals surface area contributed by atoms with Gasteiger partial charge in [-0.25, -0.2) is 4.98 Å². The molecule has 0 spiro atoms. The number of benzene rings is 3. The minimum Gasteiger partial charge on any atom is -0.494 e. The van der Waals surface area contributed by atoms with Gasteiger partial charge in [-0.1, -0.05) is 58.5 Å². The number of carbonyl (C=O) groups excluding carboxylic acids is 1. The number of carbonyl (C=O) groups is 1. The second-order valence-electron chi connectivity index (χ2n) is 6.68. The molecule has 4 aromatic rings. The molecule has 5 nitrogen and oxygen atoms in total. The van der Waals surface area contributed by atoms with E-state index in [1.807, 2.05) is 24.3 Å². The van der Waals surface area contributed by atoms with Gasteiger partial charge in [0.25, 0.3) is 5.91 Å². The number of aromatic nitrogens is 1. The highest BCUT2D eigenvalue weighted by molar-refractivity contribution is 7.80. The molecule has 0 aliphatic heterocycles. The molecule has 0 aliphatic rings. The van der Waals surface area contributed by atoms with Crippen LogP contribution in [0.4, 0.5) is 5.69 Å². The fourth-order valence-electron chi connectivity index (χ4n) is 3.06. The smallest absolute Gasteiger partial charge is 0.257 e. The van der Waals surface area contributed by atoms with E-state index < -0.39 is 5.91 Å². The lowest BCUT2D eigenvalue weighted by Gasteiger charge is -2.15. The fraction of sp³-hybridized carbons (Fsp3) is 0.0455. The monoisotopic (exact) mass is 555 g/mol. The molecular weight excluding hydrogens is 544 g/mol. The Kier molecular flexibility index (Phi) is 7.28. The van der Waals surface area contributed by atoms with E-state index in [4.69, 9.17) is 63.4 Å². The summed E-state index contributed by atoms with van der Waals surface area (Å²) >= 11 is 31.8. The van der Waals surface area contributed by atoms with E-state index in [0.29, 0.717) is 26.3 Å². The van der Waals surface area contributed by atoms with Gasteiger partial charge in [0.2, 0.25) is 0 Å². The van der Waals surface area contributed by atoms with Crippen LogP contribution in [-0.2, 0) is 0 Å². The minimum atomic E-state index is -0.509. The third kappa shape index (κ3) is 5.19. The first-order valence-corrected chi connectivity index (χ1v) is 12.0. The van der Waals surface area contributed by atoms with Gasteiger partial charge < -0.3 is 10.1 Å². The number of para-hydroxylation sites is 1. The predicted octanol–water partition coefficient (Wildman–Crippen LogP) is 7.71. The van der Waals surface area contributed by atoms with Crippen LogP contribution < -0.4 is 15.4 Å². The van der Waals surface area contributed by atoms with Crippen LogP contribution in [0.3, 0.4) is 0 Å². The van der Waals surface area contributed by atoms with E-state index in [9.17, 15) is 4.79 Å². The minimum absolute atomic E-state index is 0.0228. The second kappa shape index (κ2) is 10.0. The summed E-state index contributed by atoms with van der Waals surface area (Å²) in [6, 6.07) is 13.9. The van der Waals surface area contributed by atoms with Crippen molar-refractivity contribution in [2.45, 2.75) is 0 Å². The Morgan fingerprint density at radius 1 is 1.03 bits per heavy atom. The zero-order valence-electron chi connectivity index (χ0n) is 16.7. The number of nitrogens with zero attached hydrogens (tertiary/aromatic N) is 1. The van der Waals surface area contributed by atoms with Gasteiger partial charge in [-0.15, -0.1) is 11.3 Å². The molecule has 0 unspecified atom stereocenters. The number of hydrogen-bond donors (Lipinski definition) is 2. The summed E-state index contributed by atoms with van der Waals surface area (Å²) in [5, 5.41) is 7.48. The number of amides is 1. The normalized spacial score (nSPS) is 10.8. The summed E-state index contributed by atoms with van der Waals surface area (Å²) in [6.45, 7) is 0. The topological polar surface area (TPSA) is 63.2 Å². The summed E-state index contributed by atoms with van der Waals surface area (Å²) in [7, 11) is 1.44. The quantitative estimate of drug-likeness (QED) is 0.252. The van der Waals surface area contributed by atoms with Gasteiger partial charge in [0.1, 0.15) is 5.01 Å². The Morgan fingerprint density at radius 2 is 1.73 bits per heavy atom. The summed E-state index contributed by atoms with van der Waals surface area (Å²) in [5.74, 6) is -0.227. The van der Waals surface area contributed by atoms with Gasteiger partial charge in [-0.3, -0.25) is 10.1 Å². The lowest BCUT2D eigenvalue weighted by atomic mass is 10.2. The molecule has 0 saturated heterocycles. The van der Waals surface area contributed by atoms with E-state index >= 15 is 0 Å². The molecule has 0 bridgehead atoms. The molecule has 0 saturated carbocycles. The average molecular weight is 557 g/mol. The maximum absolute atomic E-state index is 12.7. The molecule has 0 fully saturated rings. The molecular formula is C22H13Cl4N3O2S2. The molecule has 33 heavy (non-hydrogen) atoms. The fourth-order valence-corrected chi connectivity index (χ4v) is 5.43. The van der Waals surface area contributed by atoms with Crippen molar-refractivity contribution < 1.29 is 9.53 Å². The number of methoxy groups -OCH3 is 1. The molecule has 3 aromatic carbocycles. The van der Waals surface area contributed by atoms with Crippen molar-refractivity contribution in [1.29, 1.82) is 0 Å². The first-order valence-electron chi connectivity index (χ1n) is 9.27. The van der Waals surface area contributed by atoms with E-state index in [1.54, 1.807) is 12.1 Å². The van der Waals surface area contributed by atoms with Gasteiger partial charge >= 0.3 is 0 Å². The summed E-state index contributed by atoms with van der Waals surface area (Å²) in [6.07, 6.45) is 0. The third-order valence-corrected chi connectivity index (χ3v) is 6.86. The standard InChI is InChI=1S/C22H13Cl4N3O2S2/c1-31-19-14(25)6-10(7-15(19)26)20(30)29-22(32)28-18-12(8-11(23)9-13(18)24)21-27-16-4-2-3-5-17(16)33-21/h2-9H,1H3,(H2,28,29,30,32). The molecule has 0 atom stereocenters. The van der Waals surface area contributed by atoms with E-state index in [1.165, 1.54) is 30.6 Å². The zero-order valence-corrected chi connectivity index (χ0v) is 21.4. The maximum Gasteiger partial charge on any atom is 0.257 e. The first kappa shape index (κ1) is 24.0. The van der Waals surface area contributed by atoms with Crippen LogP contribution in [0.1, 0.15) is 10.4 Å². The van der Waals surface area contributed by atoms with Gasteiger partial charge in [0.05, 0.1) is 38.1 Å². The van der Waals surface area contributed by atoms with Gasteiger partial charge in [0.15, 0.2) is 10.9 Å². The maximum atomic E-state index is 12.7. The number of rotatable bonds is 4. The van der Waals surface area contributed by atoms with Crippen molar-refractivity contribution in [2.75, 3.05) is 12.4 Å². The number of fused-ring (bicyclic) bond motifs is 1. The molecule has 0 aliphatic carbocycles. The second-order valence-corrected chi connectivity index (χ2v) is 9.78. The van der Waals surface area contributed by atoms with Crippen LogP contribution in [0, 0.1) is 0 Å². The van der Waals surface area contributed by atoms with Gasteiger partial charge in [-0.2, -0.15) is 0 Å². The summed E-state index contributed by atoms with van der Waals surface area (Å²) < 4.78 is 6.12. The average Bonchev–Trinajstić information content (AvgIpc) is 3.19. The number of nitrogens with one attached hydrogen (secondary N) is 2. The van der Waals surface area contributed by atoms with Crippen molar-refractivity contribution in [3.63, 3.8) is 0 Å². The van der Waals surface area contributed by atoms with Crippen LogP contribution >= 0.6 is 70.0 Å². The molecule has 2 N–H and O–H groups in total. The lowest BCUT2D eigenvalue weighted by Crippen LogP contribution is -2.34. The number of anilines is 1. The van der Waals surface area contributed by atoms with E-state index in [-0.39, 0.29) is 26.5 Å². The molecule has 4 rings (SSSR count). The molecule has 1 amide bonds. The van der Waals surface area contributed by atoms with Crippen LogP contribution in [0.25, 0.3) is 20.8 Å². The Morgan fingerprint density at radius 3 is 2.39 bits per heavy atom. The van der Waals surface area contributed by atoms with Gasteiger partial charge in [-0.05, 0) is 48.6 Å². The van der Waals surface area contributed by atoms with E-state index in [2.05, 4.69) is 15.6 Å². The highest BCUT2D eigenvalue weighted by atomic mass is 35.5. The van der Waals surface area contributed by atoms with Crippen molar-refractivity contribution in [2.24, 2.45) is 0 Å². The number of ether oxygens (including phenoxy) is 1. The van der Waals surface area contributed by atoms with Crippen LogP contribution in [0.15, 0.2) is 48.5 Å². The number of thiazole rings is 1. The highest BCUT2D eigenvalue weighted by Gasteiger charge is 2.18. The lowest BCUT2D eigenvalue weighted by molar-refractivity contribution is 0.0977. The van der Waals surface area contributed by atoms with Crippen molar-refractivity contribution in [1.82, 2.24) is 10.3 Å². The Hall–Kier alpha value is -2.13. The summed E-state index contributed by atoms with van der Waals surface area (Å²) in [4.78, 5) is 17.4. The largest absolute Gasteiger partial charge is 0.494 e. The number of halogens is 4. The Balaban J connectivity index is 1.61. The van der Waals surface area contributed by atoms with Crippen molar-refractivity contribution in [3.8, 4) is 16.3 Å². The third-order valence-electron chi connectivity index (χ3n) is 4.51. The van der Waals surface area contributed by atoms with Crippen molar-refractivity contribution in [3.05, 3.63) is 74.2 Å². The van der Waals surface area contributed by atoms with Crippen LogP contribution in [-0.4, -0.2) is 23.1 Å². The summed E-state index contributed by atoms with van der Waals surface area (Å²) in [5.41, 5.74) is 2.18. The van der Waals surface area contributed by atoms with Crippen LogP contribution in [0.5, 0.6) is 5.75 Å². The molecule has 1 heterocycles. The number of hydrogen-bond acceptors (Lipinski definition) is 5. The Labute approximate surface area is 218 Å². The molecule has 0 radical (unpaired) electrons. The van der Waals surface area contributed by atoms with Crippen molar-refractivity contribution >= 4 is 96.9 Å². The molecule has 11 heteroatoms. The molecule has 1 aromatic heterocycles. The predicted molar refractivity (Wildman–Crippen MR) is 142 cm³/mol. The Bertz CT molecular complexity index is 1350. The highest BCUT2D eigenvalue weighted by Crippen LogP contribution is 2.40. The van der Waals surface area contributed by atoms with Crippen LogP contribution in [0.2, 0.25) is 20.1 Å². The van der Waals surface area contributed by atoms with E-state index in [0.717, 1.165) is 10.2 Å². The molecule has 168 valence electrons. The van der Waals surface area contributed by atoms with Gasteiger partial charge in [0, 0.05) is 16.1 Å². The number of thiocarbonyl (C=S) groups is 1. The SMILES string of the molecule is COc1c(Cl)cc(C(=O)NC(=S)Nc2c(Cl)cc(Cl)cc2-c2nc3ccccc3s2)cc1Cl.